The number of piperazine rings is 1. The van der Waals surface area contributed by atoms with Gasteiger partial charge in [-0.15, -0.1) is 0 Å². The van der Waals surface area contributed by atoms with Gasteiger partial charge in [0.25, 0.3) is 0 Å². The molecule has 1 fully saturated rings. The lowest BCUT2D eigenvalue weighted by atomic mass is 10.0. The summed E-state index contributed by atoms with van der Waals surface area (Å²) in [5.41, 5.74) is 0. The summed E-state index contributed by atoms with van der Waals surface area (Å²) in [7, 11) is 0. The van der Waals surface area contributed by atoms with Crippen LogP contribution < -0.4 is 5.32 Å². The topological polar surface area (TPSA) is 49.4 Å². The maximum absolute atomic E-state index is 12.0. The van der Waals surface area contributed by atoms with Crippen LogP contribution in [0.1, 0.15) is 26.7 Å². The molecule has 1 aliphatic rings. The standard InChI is InChI=1S/C11H17F3N2O2/c1-7(2)9-10(18)16(6-8(17)15-9)5-3-4-11(12,13)14/h7,9H,3-6H2,1-2H3,(H,15,17). The summed E-state index contributed by atoms with van der Waals surface area (Å²) in [5.74, 6) is -0.695. The van der Waals surface area contributed by atoms with Crippen LogP contribution in [0.3, 0.4) is 0 Å². The van der Waals surface area contributed by atoms with Crippen molar-refractivity contribution >= 4 is 11.8 Å². The second-order valence-corrected chi connectivity index (χ2v) is 4.77. The van der Waals surface area contributed by atoms with Crippen LogP contribution in [0.15, 0.2) is 0 Å². The maximum Gasteiger partial charge on any atom is 0.389 e. The summed E-state index contributed by atoms with van der Waals surface area (Å²) < 4.78 is 36.0. The number of rotatable bonds is 4. The number of hydrogen-bond donors (Lipinski definition) is 1. The molecule has 1 heterocycles. The van der Waals surface area contributed by atoms with Crippen LogP contribution in [0.4, 0.5) is 13.2 Å². The minimum absolute atomic E-state index is 0.0328. The largest absolute Gasteiger partial charge is 0.389 e. The fourth-order valence-corrected chi connectivity index (χ4v) is 1.84. The van der Waals surface area contributed by atoms with E-state index in [9.17, 15) is 22.8 Å². The average Bonchev–Trinajstić information content (AvgIpc) is 2.20. The first kappa shape index (κ1) is 14.8. The van der Waals surface area contributed by atoms with E-state index in [4.69, 9.17) is 0 Å². The molecule has 7 heteroatoms. The monoisotopic (exact) mass is 266 g/mol. The highest BCUT2D eigenvalue weighted by molar-refractivity contribution is 5.94. The molecule has 0 bridgehead atoms. The van der Waals surface area contributed by atoms with E-state index in [1.54, 1.807) is 13.8 Å². The second-order valence-electron chi connectivity index (χ2n) is 4.77. The van der Waals surface area contributed by atoms with Crippen molar-refractivity contribution < 1.29 is 22.8 Å². The van der Waals surface area contributed by atoms with E-state index < -0.39 is 18.6 Å². The Kier molecular flexibility index (Phi) is 4.59. The molecule has 4 nitrogen and oxygen atoms in total. The van der Waals surface area contributed by atoms with Crippen LogP contribution in [0, 0.1) is 5.92 Å². The van der Waals surface area contributed by atoms with Crippen molar-refractivity contribution in [2.75, 3.05) is 13.1 Å². The van der Waals surface area contributed by atoms with E-state index >= 15 is 0 Å². The van der Waals surface area contributed by atoms with Gasteiger partial charge >= 0.3 is 6.18 Å². The zero-order valence-corrected chi connectivity index (χ0v) is 10.4. The van der Waals surface area contributed by atoms with Gasteiger partial charge in [0.2, 0.25) is 11.8 Å². The van der Waals surface area contributed by atoms with Crippen molar-refractivity contribution in [3.8, 4) is 0 Å². The first-order valence-corrected chi connectivity index (χ1v) is 5.85. The van der Waals surface area contributed by atoms with Crippen molar-refractivity contribution in [1.82, 2.24) is 10.2 Å². The van der Waals surface area contributed by atoms with Gasteiger partial charge in [0.15, 0.2) is 0 Å². The molecule has 0 aromatic carbocycles. The number of amides is 2. The molecule has 1 unspecified atom stereocenters. The third-order valence-corrected chi connectivity index (χ3v) is 2.78. The minimum Gasteiger partial charge on any atom is -0.343 e. The number of nitrogens with one attached hydrogen (secondary N) is 1. The fraction of sp³-hybridized carbons (Fsp3) is 0.818. The van der Waals surface area contributed by atoms with Crippen molar-refractivity contribution in [1.29, 1.82) is 0 Å². The summed E-state index contributed by atoms with van der Waals surface area (Å²) in [6.45, 7) is 3.37. The van der Waals surface area contributed by atoms with E-state index in [0.717, 1.165) is 0 Å². The molecule has 1 N–H and O–H groups in total. The number of carbonyl (C=O) groups excluding carboxylic acids is 2. The lowest BCUT2D eigenvalue weighted by molar-refractivity contribution is -0.148. The van der Waals surface area contributed by atoms with Crippen molar-refractivity contribution in [2.45, 2.75) is 38.9 Å². The number of nitrogens with zero attached hydrogens (tertiary/aromatic N) is 1. The van der Waals surface area contributed by atoms with Crippen molar-refractivity contribution in [2.24, 2.45) is 5.92 Å². The van der Waals surface area contributed by atoms with E-state index in [1.165, 1.54) is 4.90 Å². The molecule has 1 rings (SSSR count). The lowest BCUT2D eigenvalue weighted by Crippen LogP contribution is -2.59. The molecule has 0 radical (unpaired) electrons. The third-order valence-electron chi connectivity index (χ3n) is 2.78. The number of alkyl halides is 3. The number of halogens is 3. The van der Waals surface area contributed by atoms with Gasteiger partial charge in [0, 0.05) is 13.0 Å². The third kappa shape index (κ3) is 4.19. The Balaban J connectivity index is 2.54. The van der Waals surface area contributed by atoms with Crippen LogP contribution >= 0.6 is 0 Å². The molecule has 2 amide bonds. The molecule has 0 saturated carbocycles. The predicted octanol–water partition coefficient (Wildman–Crippen LogP) is 1.31. The van der Waals surface area contributed by atoms with Gasteiger partial charge < -0.3 is 10.2 Å². The zero-order chi connectivity index (χ0) is 13.9. The Morgan fingerprint density at radius 1 is 1.39 bits per heavy atom. The van der Waals surface area contributed by atoms with E-state index in [-0.39, 0.29) is 37.2 Å². The molecule has 18 heavy (non-hydrogen) atoms. The summed E-state index contributed by atoms with van der Waals surface area (Å²) in [4.78, 5) is 24.5. The molecule has 0 aromatic heterocycles. The summed E-state index contributed by atoms with van der Waals surface area (Å²) in [6, 6.07) is -0.628. The normalized spacial score (nSPS) is 21.4. The first-order chi connectivity index (χ1) is 8.20. The smallest absolute Gasteiger partial charge is 0.343 e. The zero-order valence-electron chi connectivity index (χ0n) is 10.4. The Morgan fingerprint density at radius 3 is 2.50 bits per heavy atom. The SMILES string of the molecule is CC(C)C1NC(=O)CN(CCCC(F)(F)F)C1=O. The van der Waals surface area contributed by atoms with Crippen LogP contribution in [-0.4, -0.2) is 42.0 Å². The van der Waals surface area contributed by atoms with Crippen molar-refractivity contribution in [3.63, 3.8) is 0 Å². The van der Waals surface area contributed by atoms with Gasteiger partial charge in [-0.1, -0.05) is 13.8 Å². The van der Waals surface area contributed by atoms with Gasteiger partial charge in [-0.05, 0) is 12.3 Å². The Morgan fingerprint density at radius 2 is 2.00 bits per heavy atom. The molecule has 1 saturated heterocycles. The van der Waals surface area contributed by atoms with Crippen LogP contribution in [-0.2, 0) is 9.59 Å². The molecular weight excluding hydrogens is 249 g/mol. The molecule has 104 valence electrons. The van der Waals surface area contributed by atoms with Crippen LogP contribution in [0.2, 0.25) is 0 Å². The van der Waals surface area contributed by atoms with Gasteiger partial charge in [-0.3, -0.25) is 9.59 Å². The Hall–Kier alpha value is -1.27. The summed E-state index contributed by atoms with van der Waals surface area (Å²) >= 11 is 0. The second kappa shape index (κ2) is 5.58. The summed E-state index contributed by atoms with van der Waals surface area (Å²) in [6.07, 6.45) is -5.34. The molecule has 0 aliphatic carbocycles. The van der Waals surface area contributed by atoms with Crippen LogP contribution in [0.5, 0.6) is 0 Å². The Labute approximate surface area is 104 Å². The highest BCUT2D eigenvalue weighted by Crippen LogP contribution is 2.22. The van der Waals surface area contributed by atoms with Gasteiger partial charge in [0.1, 0.15) is 6.04 Å². The highest BCUT2D eigenvalue weighted by atomic mass is 19.4. The van der Waals surface area contributed by atoms with Gasteiger partial charge in [-0.2, -0.15) is 13.2 Å². The maximum atomic E-state index is 12.0. The lowest BCUT2D eigenvalue weighted by Gasteiger charge is -2.34. The molecule has 0 aromatic rings. The average molecular weight is 266 g/mol. The molecular formula is C11H17F3N2O2. The molecule has 1 atom stereocenters. The summed E-state index contributed by atoms with van der Waals surface area (Å²) in [5, 5.41) is 2.55. The van der Waals surface area contributed by atoms with E-state index in [0.29, 0.717) is 0 Å². The van der Waals surface area contributed by atoms with E-state index in [1.807, 2.05) is 0 Å². The number of hydrogen-bond acceptors (Lipinski definition) is 2. The Bertz CT molecular complexity index is 329. The van der Waals surface area contributed by atoms with Crippen LogP contribution in [0.25, 0.3) is 0 Å². The molecule has 1 aliphatic heterocycles. The predicted molar refractivity (Wildman–Crippen MR) is 58.6 cm³/mol. The highest BCUT2D eigenvalue weighted by Gasteiger charge is 2.35. The van der Waals surface area contributed by atoms with Crippen molar-refractivity contribution in [3.05, 3.63) is 0 Å². The van der Waals surface area contributed by atoms with E-state index in [2.05, 4.69) is 5.32 Å². The first-order valence-electron chi connectivity index (χ1n) is 5.85. The quantitative estimate of drug-likeness (QED) is 0.834. The fourth-order valence-electron chi connectivity index (χ4n) is 1.84. The minimum atomic E-state index is -4.22. The van der Waals surface area contributed by atoms with Gasteiger partial charge in [-0.25, -0.2) is 0 Å². The van der Waals surface area contributed by atoms with Gasteiger partial charge in [0.05, 0.1) is 6.54 Å². The number of carbonyl (C=O) groups is 2. The molecule has 0 spiro atoms.